The molecule has 1 aliphatic rings. The molecular weight excluding hydrogens is 434 g/mol. The summed E-state index contributed by atoms with van der Waals surface area (Å²) >= 11 is 1.47. The van der Waals surface area contributed by atoms with Gasteiger partial charge in [0.05, 0.1) is 11.6 Å². The molecule has 1 saturated heterocycles. The minimum absolute atomic E-state index is 0.0282. The van der Waals surface area contributed by atoms with Crippen LogP contribution in [0.4, 0.5) is 11.6 Å². The van der Waals surface area contributed by atoms with Gasteiger partial charge in [-0.3, -0.25) is 14.9 Å². The van der Waals surface area contributed by atoms with Crippen LogP contribution in [0.1, 0.15) is 30.0 Å². The van der Waals surface area contributed by atoms with Gasteiger partial charge in [-0.25, -0.2) is 4.52 Å². The Morgan fingerprint density at radius 1 is 1.18 bits per heavy atom. The zero-order chi connectivity index (χ0) is 23.1. The van der Waals surface area contributed by atoms with E-state index in [-0.39, 0.29) is 24.2 Å². The summed E-state index contributed by atoms with van der Waals surface area (Å²) in [4.78, 5) is 32.7. The van der Waals surface area contributed by atoms with E-state index in [1.807, 2.05) is 49.6 Å². The Bertz CT molecular complexity index is 1360. The normalized spacial score (nSPS) is 16.0. The van der Waals surface area contributed by atoms with E-state index in [0.717, 1.165) is 34.5 Å². The third kappa shape index (κ3) is 3.91. The van der Waals surface area contributed by atoms with Gasteiger partial charge >= 0.3 is 0 Å². The van der Waals surface area contributed by atoms with Crippen molar-refractivity contribution in [1.82, 2.24) is 14.6 Å². The van der Waals surface area contributed by atoms with Gasteiger partial charge < -0.3 is 4.90 Å². The fourth-order valence-corrected chi connectivity index (χ4v) is 5.19. The number of carbonyl (C=O) groups excluding carboxylic acids is 2. The summed E-state index contributed by atoms with van der Waals surface area (Å²) in [6.45, 7) is 6.49. The average Bonchev–Trinajstić information content (AvgIpc) is 3.48. The van der Waals surface area contributed by atoms with Gasteiger partial charge in [0.1, 0.15) is 0 Å². The number of thiazole rings is 1. The highest BCUT2D eigenvalue weighted by molar-refractivity contribution is 7.15. The van der Waals surface area contributed by atoms with Gasteiger partial charge in [0.2, 0.25) is 22.7 Å². The number of rotatable bonds is 5. The van der Waals surface area contributed by atoms with Gasteiger partial charge in [-0.15, -0.1) is 16.4 Å². The number of nitrogens with zero attached hydrogens (tertiary/aromatic N) is 4. The van der Waals surface area contributed by atoms with Crippen molar-refractivity contribution in [3.63, 3.8) is 0 Å². The van der Waals surface area contributed by atoms with E-state index in [1.165, 1.54) is 16.9 Å². The van der Waals surface area contributed by atoms with Crippen molar-refractivity contribution in [2.24, 2.45) is 5.92 Å². The predicted octanol–water partition coefficient (Wildman–Crippen LogP) is 4.63. The minimum Gasteiger partial charge on any atom is -0.311 e. The Hall–Kier alpha value is -3.52. The van der Waals surface area contributed by atoms with Crippen molar-refractivity contribution in [3.8, 4) is 11.3 Å². The number of amides is 2. The van der Waals surface area contributed by atoms with Gasteiger partial charge in [-0.2, -0.15) is 4.98 Å². The van der Waals surface area contributed by atoms with Crippen LogP contribution in [0.2, 0.25) is 0 Å². The number of aryl methyl sites for hydroxylation is 3. The first-order chi connectivity index (χ1) is 15.9. The summed E-state index contributed by atoms with van der Waals surface area (Å²) in [7, 11) is 0. The fraction of sp³-hybridized carbons (Fsp3) is 0.280. The summed E-state index contributed by atoms with van der Waals surface area (Å²) in [5.74, 6) is -0.441. The van der Waals surface area contributed by atoms with Crippen molar-refractivity contribution < 1.29 is 9.59 Å². The Morgan fingerprint density at radius 3 is 2.73 bits per heavy atom. The SMILES string of the molecule is CCc1cccc(C)c1N1CC(C(=O)Nc2nc3scc(-c4ccc(C)cc4)n3n2)CC1=O. The van der Waals surface area contributed by atoms with Gasteiger partial charge in [-0.1, -0.05) is 55.0 Å². The number of fused-ring (bicyclic) bond motifs is 1. The molecule has 2 aromatic carbocycles. The lowest BCUT2D eigenvalue weighted by atomic mass is 10.0. The smallest absolute Gasteiger partial charge is 0.250 e. The van der Waals surface area contributed by atoms with E-state index < -0.39 is 5.92 Å². The zero-order valence-corrected chi connectivity index (χ0v) is 19.6. The molecule has 1 fully saturated rings. The molecule has 0 bridgehead atoms. The third-order valence-electron chi connectivity index (χ3n) is 6.13. The van der Waals surface area contributed by atoms with Crippen LogP contribution < -0.4 is 10.2 Å². The summed E-state index contributed by atoms with van der Waals surface area (Å²) in [5, 5.41) is 9.34. The lowest BCUT2D eigenvalue weighted by Gasteiger charge is -2.22. The van der Waals surface area contributed by atoms with E-state index in [4.69, 9.17) is 0 Å². The van der Waals surface area contributed by atoms with E-state index in [0.29, 0.717) is 11.5 Å². The molecule has 7 nitrogen and oxygen atoms in total. The quantitative estimate of drug-likeness (QED) is 0.472. The lowest BCUT2D eigenvalue weighted by molar-refractivity contribution is -0.122. The Labute approximate surface area is 196 Å². The average molecular weight is 460 g/mol. The van der Waals surface area contributed by atoms with Crippen LogP contribution in [-0.4, -0.2) is 33.0 Å². The van der Waals surface area contributed by atoms with Crippen molar-refractivity contribution in [2.45, 2.75) is 33.6 Å². The van der Waals surface area contributed by atoms with Crippen molar-refractivity contribution >= 4 is 39.7 Å². The molecule has 2 aromatic heterocycles. The Morgan fingerprint density at radius 2 is 1.97 bits per heavy atom. The lowest BCUT2D eigenvalue weighted by Crippen LogP contribution is -2.29. The van der Waals surface area contributed by atoms with Crippen LogP contribution in [0.5, 0.6) is 0 Å². The topological polar surface area (TPSA) is 79.6 Å². The number of para-hydroxylation sites is 1. The summed E-state index contributed by atoms with van der Waals surface area (Å²) in [5.41, 5.74) is 6.25. The second-order valence-electron chi connectivity index (χ2n) is 8.45. The maximum atomic E-state index is 13.0. The fourth-order valence-electron chi connectivity index (χ4n) is 4.36. The molecule has 8 heteroatoms. The molecule has 168 valence electrons. The minimum atomic E-state index is -0.445. The van der Waals surface area contributed by atoms with Crippen molar-refractivity contribution in [3.05, 3.63) is 64.5 Å². The number of benzene rings is 2. The van der Waals surface area contributed by atoms with E-state index in [2.05, 4.69) is 34.5 Å². The van der Waals surface area contributed by atoms with Crippen LogP contribution in [0.15, 0.2) is 47.8 Å². The van der Waals surface area contributed by atoms with Gasteiger partial charge in [-0.05, 0) is 31.4 Å². The second kappa shape index (κ2) is 8.44. The van der Waals surface area contributed by atoms with Gasteiger partial charge in [0, 0.05) is 29.6 Å². The number of anilines is 2. The first-order valence-electron chi connectivity index (χ1n) is 11.1. The molecule has 33 heavy (non-hydrogen) atoms. The number of aromatic nitrogens is 3. The number of hydrogen-bond acceptors (Lipinski definition) is 5. The molecule has 0 saturated carbocycles. The Balaban J connectivity index is 1.34. The van der Waals surface area contributed by atoms with E-state index >= 15 is 0 Å². The standard InChI is InChI=1S/C25H25N5O2S/c1-4-17-7-5-6-16(3)22(17)29-13-19(12-21(29)31)23(32)26-24-27-25-30(28-24)20(14-33-25)18-10-8-15(2)9-11-18/h5-11,14,19H,4,12-13H2,1-3H3,(H,26,28,32). The first kappa shape index (κ1) is 21.3. The molecule has 1 unspecified atom stereocenters. The number of carbonyl (C=O) groups is 2. The largest absolute Gasteiger partial charge is 0.311 e. The molecule has 1 atom stereocenters. The van der Waals surface area contributed by atoms with Crippen LogP contribution in [0, 0.1) is 19.8 Å². The van der Waals surface area contributed by atoms with Crippen LogP contribution in [0.25, 0.3) is 16.2 Å². The highest BCUT2D eigenvalue weighted by Gasteiger charge is 2.36. The Kier molecular flexibility index (Phi) is 5.46. The van der Waals surface area contributed by atoms with Crippen molar-refractivity contribution in [1.29, 1.82) is 0 Å². The zero-order valence-electron chi connectivity index (χ0n) is 18.8. The molecular formula is C25H25N5O2S. The van der Waals surface area contributed by atoms with Crippen LogP contribution in [-0.2, 0) is 16.0 Å². The van der Waals surface area contributed by atoms with Gasteiger partial charge in [0.15, 0.2) is 0 Å². The molecule has 0 spiro atoms. The van der Waals surface area contributed by atoms with Crippen LogP contribution >= 0.6 is 11.3 Å². The molecule has 1 aliphatic heterocycles. The number of nitrogens with one attached hydrogen (secondary N) is 1. The molecule has 5 rings (SSSR count). The molecule has 1 N–H and O–H groups in total. The maximum Gasteiger partial charge on any atom is 0.250 e. The summed E-state index contributed by atoms with van der Waals surface area (Å²) < 4.78 is 1.75. The van der Waals surface area contributed by atoms with Gasteiger partial charge in [0.25, 0.3) is 0 Å². The monoisotopic (exact) mass is 459 g/mol. The molecule has 3 heterocycles. The second-order valence-corrected chi connectivity index (χ2v) is 9.28. The maximum absolute atomic E-state index is 13.0. The predicted molar refractivity (Wildman–Crippen MR) is 131 cm³/mol. The van der Waals surface area contributed by atoms with E-state index in [9.17, 15) is 9.59 Å². The molecule has 0 aliphatic carbocycles. The van der Waals surface area contributed by atoms with E-state index in [1.54, 1.807) is 9.42 Å². The summed E-state index contributed by atoms with van der Waals surface area (Å²) in [6, 6.07) is 14.2. The van der Waals surface area contributed by atoms with Crippen molar-refractivity contribution in [2.75, 3.05) is 16.8 Å². The third-order valence-corrected chi connectivity index (χ3v) is 6.95. The number of hydrogen-bond donors (Lipinski definition) is 1. The molecule has 4 aromatic rings. The van der Waals surface area contributed by atoms with Crippen LogP contribution in [0.3, 0.4) is 0 Å². The highest BCUT2D eigenvalue weighted by atomic mass is 32.1. The highest BCUT2D eigenvalue weighted by Crippen LogP contribution is 2.32. The first-order valence-corrected chi connectivity index (χ1v) is 11.9. The molecule has 2 amide bonds. The summed E-state index contributed by atoms with van der Waals surface area (Å²) in [6.07, 6.45) is 1.01. The molecule has 0 radical (unpaired) electrons.